The number of rotatable bonds is 4. The Bertz CT molecular complexity index is 902. The number of likely N-dealkylation sites (tertiary alicyclic amines) is 1. The second-order valence-electron chi connectivity index (χ2n) is 8.79. The molecule has 0 saturated carbocycles. The van der Waals surface area contributed by atoms with E-state index >= 15 is 0 Å². The molecule has 2 atom stereocenters. The van der Waals surface area contributed by atoms with Crippen LogP contribution in [-0.4, -0.2) is 71.7 Å². The standard InChI is InChI=1S/C21H29N3O3.C2HF3O2/c1-16-6-5-7-17(12-16)14-22-19-8-11-26-15-21(19)13-18(23-27-21)20(25)24-9-3-2-4-10-24;3-2(4,5)1(6)7/h5-7,12,19,22H,2-4,8-11,13-15H2,1H3;(H,6,7). The van der Waals surface area contributed by atoms with E-state index in [1.54, 1.807) is 0 Å². The van der Waals surface area contributed by atoms with Crippen molar-refractivity contribution in [1.82, 2.24) is 10.2 Å². The molecule has 3 aliphatic rings. The van der Waals surface area contributed by atoms with Crippen LogP contribution in [0.2, 0.25) is 0 Å². The summed E-state index contributed by atoms with van der Waals surface area (Å²) in [6, 6.07) is 8.62. The van der Waals surface area contributed by atoms with Gasteiger partial charge in [-0.1, -0.05) is 35.0 Å². The van der Waals surface area contributed by atoms with Gasteiger partial charge in [0.05, 0.1) is 12.6 Å². The number of ether oxygens (including phenoxy) is 1. The lowest BCUT2D eigenvalue weighted by atomic mass is 9.85. The van der Waals surface area contributed by atoms with Gasteiger partial charge in [-0.3, -0.25) is 4.79 Å². The number of benzene rings is 1. The summed E-state index contributed by atoms with van der Waals surface area (Å²) < 4.78 is 37.5. The topological polar surface area (TPSA) is 100 Å². The van der Waals surface area contributed by atoms with Gasteiger partial charge >= 0.3 is 12.1 Å². The summed E-state index contributed by atoms with van der Waals surface area (Å²) in [6.45, 7) is 5.70. The van der Waals surface area contributed by atoms with Crippen LogP contribution in [0, 0.1) is 6.92 Å². The van der Waals surface area contributed by atoms with E-state index in [2.05, 4.69) is 41.7 Å². The monoisotopic (exact) mass is 485 g/mol. The molecule has 2 N–H and O–H groups in total. The third-order valence-corrected chi connectivity index (χ3v) is 6.10. The Balaban J connectivity index is 0.000000406. The molecule has 11 heteroatoms. The number of aliphatic carboxylic acids is 1. The Morgan fingerprint density at radius 2 is 1.97 bits per heavy atom. The number of carboxylic acids is 1. The number of alkyl halides is 3. The van der Waals surface area contributed by atoms with Crippen molar-refractivity contribution in [3.05, 3.63) is 35.4 Å². The molecular weight excluding hydrogens is 455 g/mol. The number of piperidine rings is 1. The molecular formula is C23H30F3N3O5. The van der Waals surface area contributed by atoms with E-state index in [1.165, 1.54) is 17.5 Å². The molecule has 188 valence electrons. The first-order valence-electron chi connectivity index (χ1n) is 11.3. The van der Waals surface area contributed by atoms with Crippen LogP contribution >= 0.6 is 0 Å². The van der Waals surface area contributed by atoms with Crippen LogP contribution in [0.4, 0.5) is 13.2 Å². The van der Waals surface area contributed by atoms with Gasteiger partial charge < -0.3 is 24.9 Å². The molecule has 4 rings (SSSR count). The van der Waals surface area contributed by atoms with Crippen LogP contribution in [0.5, 0.6) is 0 Å². The molecule has 0 aromatic heterocycles. The fourth-order valence-electron chi connectivity index (χ4n) is 4.31. The molecule has 3 heterocycles. The number of hydrogen-bond donors (Lipinski definition) is 2. The van der Waals surface area contributed by atoms with E-state index < -0.39 is 17.7 Å². The average Bonchev–Trinajstić information content (AvgIpc) is 3.23. The number of hydrogen-bond acceptors (Lipinski definition) is 6. The summed E-state index contributed by atoms with van der Waals surface area (Å²) in [7, 11) is 0. The van der Waals surface area contributed by atoms with Crippen molar-refractivity contribution < 1.29 is 37.4 Å². The summed E-state index contributed by atoms with van der Waals surface area (Å²) in [5, 5.41) is 15.0. The quantitative estimate of drug-likeness (QED) is 0.680. The fourth-order valence-corrected chi connectivity index (χ4v) is 4.31. The zero-order valence-corrected chi connectivity index (χ0v) is 19.1. The summed E-state index contributed by atoms with van der Waals surface area (Å²) >= 11 is 0. The molecule has 2 fully saturated rings. The summed E-state index contributed by atoms with van der Waals surface area (Å²) in [6.07, 6.45) is -0.348. The van der Waals surface area contributed by atoms with E-state index in [-0.39, 0.29) is 11.9 Å². The third-order valence-electron chi connectivity index (χ3n) is 6.10. The Kier molecular flexibility index (Phi) is 8.53. The molecule has 0 radical (unpaired) electrons. The van der Waals surface area contributed by atoms with Gasteiger partial charge in [-0.2, -0.15) is 13.2 Å². The van der Waals surface area contributed by atoms with Crippen molar-refractivity contribution in [2.75, 3.05) is 26.3 Å². The van der Waals surface area contributed by atoms with Gasteiger partial charge in [0.2, 0.25) is 0 Å². The number of aryl methyl sites for hydroxylation is 1. The fraction of sp³-hybridized carbons (Fsp3) is 0.609. The number of halogens is 3. The number of nitrogens with one attached hydrogen (secondary N) is 1. The van der Waals surface area contributed by atoms with Crippen molar-refractivity contribution >= 4 is 17.6 Å². The zero-order chi connectivity index (χ0) is 24.8. The van der Waals surface area contributed by atoms with Gasteiger partial charge in [0.25, 0.3) is 5.91 Å². The Morgan fingerprint density at radius 1 is 1.26 bits per heavy atom. The predicted octanol–water partition coefficient (Wildman–Crippen LogP) is 3.03. The number of nitrogens with zero attached hydrogens (tertiary/aromatic N) is 2. The minimum atomic E-state index is -5.08. The van der Waals surface area contributed by atoms with Crippen molar-refractivity contribution in [3.63, 3.8) is 0 Å². The smallest absolute Gasteiger partial charge is 0.475 e. The van der Waals surface area contributed by atoms with Crippen LogP contribution in [0.15, 0.2) is 29.4 Å². The number of oxime groups is 1. The summed E-state index contributed by atoms with van der Waals surface area (Å²) in [5.74, 6) is -2.72. The zero-order valence-electron chi connectivity index (χ0n) is 19.1. The molecule has 8 nitrogen and oxygen atoms in total. The molecule has 2 unspecified atom stereocenters. The Hall–Kier alpha value is -2.66. The van der Waals surface area contributed by atoms with Crippen LogP contribution in [0.1, 0.15) is 43.2 Å². The number of amides is 1. The maximum absolute atomic E-state index is 12.8. The molecule has 0 aliphatic carbocycles. The highest BCUT2D eigenvalue weighted by atomic mass is 19.4. The third kappa shape index (κ3) is 6.69. The van der Waals surface area contributed by atoms with Gasteiger partial charge in [-0.15, -0.1) is 0 Å². The minimum absolute atomic E-state index is 0.0367. The number of carboxylic acid groups (broad SMARTS) is 1. The van der Waals surface area contributed by atoms with E-state index in [9.17, 15) is 18.0 Å². The highest BCUT2D eigenvalue weighted by Crippen LogP contribution is 2.33. The lowest BCUT2D eigenvalue weighted by molar-refractivity contribution is -0.192. The van der Waals surface area contributed by atoms with Crippen LogP contribution in [-0.2, 0) is 25.7 Å². The maximum atomic E-state index is 12.8. The molecule has 1 spiro atoms. The van der Waals surface area contributed by atoms with Crippen LogP contribution < -0.4 is 5.32 Å². The van der Waals surface area contributed by atoms with Crippen LogP contribution in [0.25, 0.3) is 0 Å². The maximum Gasteiger partial charge on any atom is 0.490 e. The van der Waals surface area contributed by atoms with Crippen molar-refractivity contribution in [1.29, 1.82) is 0 Å². The highest BCUT2D eigenvalue weighted by Gasteiger charge is 2.50. The van der Waals surface area contributed by atoms with Gasteiger partial charge in [0.1, 0.15) is 5.71 Å². The minimum Gasteiger partial charge on any atom is -0.475 e. The molecule has 0 bridgehead atoms. The van der Waals surface area contributed by atoms with Gasteiger partial charge in [0.15, 0.2) is 5.60 Å². The lowest BCUT2D eigenvalue weighted by Gasteiger charge is -2.39. The molecule has 1 amide bonds. The average molecular weight is 486 g/mol. The van der Waals surface area contributed by atoms with E-state index in [0.717, 1.165) is 38.9 Å². The first-order chi connectivity index (χ1) is 16.1. The second-order valence-corrected chi connectivity index (χ2v) is 8.79. The Labute approximate surface area is 196 Å². The second kappa shape index (κ2) is 11.2. The van der Waals surface area contributed by atoms with E-state index in [4.69, 9.17) is 19.5 Å². The largest absolute Gasteiger partial charge is 0.490 e. The van der Waals surface area contributed by atoms with Gasteiger partial charge in [-0.25, -0.2) is 4.79 Å². The van der Waals surface area contributed by atoms with Gasteiger partial charge in [-0.05, 0) is 38.2 Å². The Morgan fingerprint density at radius 3 is 2.62 bits per heavy atom. The van der Waals surface area contributed by atoms with E-state index in [0.29, 0.717) is 25.3 Å². The normalized spacial score (nSPS) is 24.6. The molecule has 34 heavy (non-hydrogen) atoms. The predicted molar refractivity (Wildman–Crippen MR) is 117 cm³/mol. The highest BCUT2D eigenvalue weighted by molar-refractivity contribution is 6.39. The van der Waals surface area contributed by atoms with Crippen molar-refractivity contribution in [2.45, 2.75) is 63.4 Å². The van der Waals surface area contributed by atoms with Crippen molar-refractivity contribution in [3.8, 4) is 0 Å². The number of carbonyl (C=O) groups excluding carboxylic acids is 1. The lowest BCUT2D eigenvalue weighted by Crippen LogP contribution is -2.57. The summed E-state index contributed by atoms with van der Waals surface area (Å²) in [5.41, 5.74) is 2.49. The van der Waals surface area contributed by atoms with Gasteiger partial charge in [0, 0.05) is 32.7 Å². The molecule has 1 aromatic carbocycles. The van der Waals surface area contributed by atoms with E-state index in [1.807, 2.05) is 4.90 Å². The summed E-state index contributed by atoms with van der Waals surface area (Å²) in [4.78, 5) is 29.5. The first-order valence-corrected chi connectivity index (χ1v) is 11.3. The first kappa shape index (κ1) is 26.0. The van der Waals surface area contributed by atoms with Crippen LogP contribution in [0.3, 0.4) is 0 Å². The van der Waals surface area contributed by atoms with Crippen molar-refractivity contribution in [2.24, 2.45) is 5.16 Å². The molecule has 1 aromatic rings. The molecule has 3 aliphatic heterocycles. The molecule has 2 saturated heterocycles. The number of carbonyl (C=O) groups is 2. The SMILES string of the molecule is Cc1cccc(CNC2CCOCC23CC(C(=O)N2CCCCC2)=NO3)c1.O=C(O)C(F)(F)F.